The zero-order chi connectivity index (χ0) is 10.8. The van der Waals surface area contributed by atoms with E-state index in [2.05, 4.69) is 5.32 Å². The van der Waals surface area contributed by atoms with E-state index in [1.54, 1.807) is 0 Å². The van der Waals surface area contributed by atoms with E-state index in [9.17, 15) is 9.90 Å². The van der Waals surface area contributed by atoms with Crippen LogP contribution < -0.4 is 11.1 Å². The van der Waals surface area contributed by atoms with E-state index in [1.165, 1.54) is 19.3 Å². The molecule has 0 aromatic heterocycles. The van der Waals surface area contributed by atoms with E-state index in [1.807, 2.05) is 0 Å². The van der Waals surface area contributed by atoms with Crippen LogP contribution in [0.2, 0.25) is 0 Å². The van der Waals surface area contributed by atoms with Crippen molar-refractivity contribution >= 4 is 5.91 Å². The molecule has 0 radical (unpaired) electrons. The Bertz CT molecular complexity index is 237. The lowest BCUT2D eigenvalue weighted by molar-refractivity contribution is -0.130. The third kappa shape index (κ3) is 2.92. The summed E-state index contributed by atoms with van der Waals surface area (Å²) in [7, 11) is 0. The minimum absolute atomic E-state index is 0.288. The maximum absolute atomic E-state index is 11.5. The number of aliphatic hydroxyl groups excluding tert-OH is 1. The van der Waals surface area contributed by atoms with E-state index in [0.29, 0.717) is 12.0 Å². The summed E-state index contributed by atoms with van der Waals surface area (Å²) in [6.07, 6.45) is 5.49. The standard InChI is InChI=1S/C11H20N2O2/c12-9(6-7-2-1-3-7)10(14)11(15)13-8-4-5-8/h7-10,14H,1-6,12H2,(H,13,15). The van der Waals surface area contributed by atoms with Crippen LogP contribution in [0.25, 0.3) is 0 Å². The van der Waals surface area contributed by atoms with Crippen molar-refractivity contribution in [2.75, 3.05) is 0 Å². The summed E-state index contributed by atoms with van der Waals surface area (Å²) in [5.41, 5.74) is 5.81. The molecule has 1 amide bonds. The number of carbonyl (C=O) groups is 1. The van der Waals surface area contributed by atoms with Gasteiger partial charge in [-0.2, -0.15) is 0 Å². The van der Waals surface area contributed by atoms with Gasteiger partial charge in [-0.25, -0.2) is 0 Å². The van der Waals surface area contributed by atoms with Crippen molar-refractivity contribution in [3.8, 4) is 0 Å². The molecule has 2 aliphatic carbocycles. The predicted molar refractivity (Wildman–Crippen MR) is 57.1 cm³/mol. The number of carbonyl (C=O) groups excluding carboxylic acids is 1. The molecular weight excluding hydrogens is 192 g/mol. The summed E-state index contributed by atoms with van der Waals surface area (Å²) < 4.78 is 0. The maximum Gasteiger partial charge on any atom is 0.250 e. The molecular formula is C11H20N2O2. The van der Waals surface area contributed by atoms with E-state index >= 15 is 0 Å². The molecule has 0 aromatic carbocycles. The van der Waals surface area contributed by atoms with Crippen LogP contribution in [0.4, 0.5) is 0 Å². The monoisotopic (exact) mass is 212 g/mol. The molecule has 15 heavy (non-hydrogen) atoms. The van der Waals surface area contributed by atoms with Crippen LogP contribution in [-0.4, -0.2) is 29.2 Å². The van der Waals surface area contributed by atoms with Crippen LogP contribution in [0.3, 0.4) is 0 Å². The average Bonchev–Trinajstić information content (AvgIpc) is 2.93. The number of nitrogens with two attached hydrogens (primary N) is 1. The number of amides is 1. The van der Waals surface area contributed by atoms with Gasteiger partial charge in [0.1, 0.15) is 6.10 Å². The fourth-order valence-electron chi connectivity index (χ4n) is 1.95. The Morgan fingerprint density at radius 2 is 2.07 bits per heavy atom. The Morgan fingerprint density at radius 3 is 2.53 bits per heavy atom. The quantitative estimate of drug-likeness (QED) is 0.607. The molecule has 0 aliphatic heterocycles. The van der Waals surface area contributed by atoms with Gasteiger partial charge in [0, 0.05) is 12.1 Å². The molecule has 2 unspecified atom stereocenters. The van der Waals surface area contributed by atoms with Gasteiger partial charge in [-0.1, -0.05) is 19.3 Å². The van der Waals surface area contributed by atoms with Gasteiger partial charge < -0.3 is 16.2 Å². The Balaban J connectivity index is 1.71. The summed E-state index contributed by atoms with van der Waals surface area (Å²) in [5, 5.41) is 12.5. The minimum atomic E-state index is -1.02. The first-order valence-corrected chi connectivity index (χ1v) is 5.91. The van der Waals surface area contributed by atoms with E-state index in [4.69, 9.17) is 5.73 Å². The van der Waals surface area contributed by atoms with E-state index in [-0.39, 0.29) is 5.91 Å². The summed E-state index contributed by atoms with van der Waals surface area (Å²) >= 11 is 0. The zero-order valence-corrected chi connectivity index (χ0v) is 8.98. The van der Waals surface area contributed by atoms with Gasteiger partial charge in [0.2, 0.25) is 0 Å². The molecule has 0 saturated heterocycles. The first-order valence-electron chi connectivity index (χ1n) is 5.91. The number of hydrogen-bond donors (Lipinski definition) is 3. The van der Waals surface area contributed by atoms with Gasteiger partial charge in [0.25, 0.3) is 5.91 Å². The molecule has 0 spiro atoms. The summed E-state index contributed by atoms with van der Waals surface area (Å²) in [4.78, 5) is 11.5. The molecule has 2 fully saturated rings. The first kappa shape index (κ1) is 10.9. The van der Waals surface area contributed by atoms with E-state index < -0.39 is 12.1 Å². The number of hydrogen-bond acceptors (Lipinski definition) is 3. The molecule has 0 aromatic rings. The Labute approximate surface area is 90.2 Å². The van der Waals surface area contributed by atoms with Crippen LogP contribution in [0.5, 0.6) is 0 Å². The highest BCUT2D eigenvalue weighted by Gasteiger charge is 2.31. The first-order chi connectivity index (χ1) is 7.16. The van der Waals surface area contributed by atoms with Crippen molar-refractivity contribution in [2.45, 2.75) is 56.7 Å². The van der Waals surface area contributed by atoms with Gasteiger partial charge in [0.05, 0.1) is 0 Å². The molecule has 2 aliphatic rings. The summed E-state index contributed by atoms with van der Waals surface area (Å²) in [6.45, 7) is 0. The fraction of sp³-hybridized carbons (Fsp3) is 0.909. The second kappa shape index (κ2) is 4.49. The summed E-state index contributed by atoms with van der Waals surface area (Å²) in [6, 6.07) is -0.0999. The molecule has 2 atom stereocenters. The molecule has 2 rings (SSSR count). The molecule has 86 valence electrons. The van der Waals surface area contributed by atoms with Crippen LogP contribution in [0.1, 0.15) is 38.5 Å². The Kier molecular flexibility index (Phi) is 3.26. The van der Waals surface area contributed by atoms with Crippen molar-refractivity contribution in [2.24, 2.45) is 11.7 Å². The van der Waals surface area contributed by atoms with Crippen molar-refractivity contribution in [1.82, 2.24) is 5.32 Å². The lowest BCUT2D eigenvalue weighted by Gasteiger charge is -2.29. The Hall–Kier alpha value is -0.610. The van der Waals surface area contributed by atoms with Crippen molar-refractivity contribution < 1.29 is 9.90 Å². The average molecular weight is 212 g/mol. The normalized spacial score (nSPS) is 25.5. The predicted octanol–water partition coefficient (Wildman–Crippen LogP) is 0.143. The molecule has 4 heteroatoms. The van der Waals surface area contributed by atoms with Gasteiger partial charge in [-0.05, 0) is 25.2 Å². The Morgan fingerprint density at radius 1 is 1.40 bits per heavy atom. The largest absolute Gasteiger partial charge is 0.382 e. The number of rotatable bonds is 5. The third-order valence-electron chi connectivity index (χ3n) is 3.43. The smallest absolute Gasteiger partial charge is 0.250 e. The molecule has 0 bridgehead atoms. The topological polar surface area (TPSA) is 75.3 Å². The summed E-state index contributed by atoms with van der Waals surface area (Å²) in [5.74, 6) is 0.340. The number of aliphatic hydroxyl groups is 1. The third-order valence-corrected chi connectivity index (χ3v) is 3.43. The van der Waals surface area contributed by atoms with Crippen LogP contribution in [0.15, 0.2) is 0 Å². The van der Waals surface area contributed by atoms with Crippen molar-refractivity contribution in [3.63, 3.8) is 0 Å². The molecule has 2 saturated carbocycles. The van der Waals surface area contributed by atoms with Crippen LogP contribution in [-0.2, 0) is 4.79 Å². The molecule has 0 heterocycles. The number of nitrogens with one attached hydrogen (secondary N) is 1. The second-order valence-corrected chi connectivity index (χ2v) is 4.92. The van der Waals surface area contributed by atoms with E-state index in [0.717, 1.165) is 19.3 Å². The maximum atomic E-state index is 11.5. The molecule has 4 N–H and O–H groups in total. The highest BCUT2D eigenvalue weighted by Crippen LogP contribution is 2.30. The van der Waals surface area contributed by atoms with Gasteiger partial charge >= 0.3 is 0 Å². The fourth-order valence-corrected chi connectivity index (χ4v) is 1.95. The van der Waals surface area contributed by atoms with Crippen molar-refractivity contribution in [3.05, 3.63) is 0 Å². The highest BCUT2D eigenvalue weighted by atomic mass is 16.3. The lowest BCUT2D eigenvalue weighted by Crippen LogP contribution is -2.48. The highest BCUT2D eigenvalue weighted by molar-refractivity contribution is 5.81. The SMILES string of the molecule is NC(CC1CCC1)C(O)C(=O)NC1CC1. The van der Waals surface area contributed by atoms with Gasteiger partial charge in [0.15, 0.2) is 0 Å². The second-order valence-electron chi connectivity index (χ2n) is 4.92. The van der Waals surface area contributed by atoms with Gasteiger partial charge in [-0.15, -0.1) is 0 Å². The van der Waals surface area contributed by atoms with Crippen molar-refractivity contribution in [1.29, 1.82) is 0 Å². The molecule has 4 nitrogen and oxygen atoms in total. The van der Waals surface area contributed by atoms with Gasteiger partial charge in [-0.3, -0.25) is 4.79 Å². The zero-order valence-electron chi connectivity index (χ0n) is 8.98. The van der Waals surface area contributed by atoms with Crippen LogP contribution >= 0.6 is 0 Å². The van der Waals surface area contributed by atoms with Crippen LogP contribution in [0, 0.1) is 5.92 Å². The lowest BCUT2D eigenvalue weighted by atomic mass is 9.80. The minimum Gasteiger partial charge on any atom is -0.382 e.